The van der Waals surface area contributed by atoms with Gasteiger partial charge in [-0.2, -0.15) is 0 Å². The van der Waals surface area contributed by atoms with Crippen molar-refractivity contribution in [3.63, 3.8) is 0 Å². The van der Waals surface area contributed by atoms with Gasteiger partial charge in [-0.3, -0.25) is 4.79 Å². The lowest BCUT2D eigenvalue weighted by molar-refractivity contribution is -0.131. The highest BCUT2D eigenvalue weighted by atomic mass is 16.3. The monoisotopic (exact) mass is 421 g/mol. The number of nitrogen functional groups attached to an aromatic ring is 1. The number of rotatable bonds is 8. The number of carbonyl (C=O) groups excluding carboxylic acids is 1. The number of phenolic OH excluding ortho intramolecular Hbond substituents is 1. The molecule has 2 aromatic rings. The first kappa shape index (κ1) is 22.4. The molecule has 0 saturated carbocycles. The van der Waals surface area contributed by atoms with Crippen LogP contribution in [-0.2, 0) is 4.79 Å². The molecule has 31 heavy (non-hydrogen) atoms. The van der Waals surface area contributed by atoms with Crippen molar-refractivity contribution < 1.29 is 9.90 Å². The minimum absolute atomic E-state index is 0.0551. The molecule has 3 rings (SSSR count). The van der Waals surface area contributed by atoms with Gasteiger partial charge in [0.1, 0.15) is 5.75 Å². The fourth-order valence-corrected chi connectivity index (χ4v) is 3.77. The van der Waals surface area contributed by atoms with Crippen LogP contribution in [0.15, 0.2) is 48.6 Å². The normalized spacial score (nSPS) is 14.1. The Kier molecular flexibility index (Phi) is 6.97. The van der Waals surface area contributed by atoms with Gasteiger partial charge in [-0.1, -0.05) is 18.2 Å². The van der Waals surface area contributed by atoms with E-state index in [0.717, 1.165) is 43.0 Å². The zero-order chi connectivity index (χ0) is 22.5. The van der Waals surface area contributed by atoms with Gasteiger partial charge in [0.15, 0.2) is 0 Å². The Balaban J connectivity index is 1.68. The van der Waals surface area contributed by atoms with Crippen molar-refractivity contribution in [1.29, 1.82) is 5.41 Å². The third kappa shape index (κ3) is 5.44. The van der Waals surface area contributed by atoms with Gasteiger partial charge in [0.2, 0.25) is 5.91 Å². The van der Waals surface area contributed by atoms with Gasteiger partial charge >= 0.3 is 0 Å². The molecule has 1 fully saturated rings. The fourth-order valence-electron chi connectivity index (χ4n) is 3.77. The molecule has 1 aliphatic heterocycles. The van der Waals surface area contributed by atoms with E-state index in [2.05, 4.69) is 4.90 Å². The van der Waals surface area contributed by atoms with Gasteiger partial charge in [0.25, 0.3) is 0 Å². The van der Waals surface area contributed by atoms with Gasteiger partial charge < -0.3 is 30.9 Å². The molecule has 7 heteroatoms. The number of amides is 1. The summed E-state index contributed by atoms with van der Waals surface area (Å²) in [6.45, 7) is 2.96. The highest BCUT2D eigenvalue weighted by Crippen LogP contribution is 2.33. The standard InChI is InChI=1S/C24H31N5O2/c1-27(2)10-4-5-24(31)29-15-17(16-29)14-28(3)23-12-19(11-22(26)21(23)13-25)18-6-8-20(30)9-7-18/h4-9,11-13,17,25,30H,10,14-16,26H2,1-3H3/b5-4+,25-13?. The van der Waals surface area contributed by atoms with Crippen LogP contribution in [0.25, 0.3) is 11.1 Å². The lowest BCUT2D eigenvalue weighted by Gasteiger charge is -2.41. The molecule has 0 bridgehead atoms. The largest absolute Gasteiger partial charge is 0.508 e. The maximum Gasteiger partial charge on any atom is 0.246 e. The summed E-state index contributed by atoms with van der Waals surface area (Å²) in [7, 11) is 5.93. The molecule has 1 heterocycles. The van der Waals surface area contributed by atoms with Crippen molar-refractivity contribution in [2.24, 2.45) is 5.92 Å². The predicted octanol–water partition coefficient (Wildman–Crippen LogP) is 2.65. The molecular formula is C24H31N5O2. The number of likely N-dealkylation sites (N-methyl/N-ethyl adjacent to an activating group) is 1. The molecule has 0 unspecified atom stereocenters. The average Bonchev–Trinajstić information content (AvgIpc) is 2.69. The summed E-state index contributed by atoms with van der Waals surface area (Å²) >= 11 is 0. The molecule has 0 spiro atoms. The van der Waals surface area contributed by atoms with E-state index in [1.165, 1.54) is 6.21 Å². The second kappa shape index (κ2) is 9.66. The molecular weight excluding hydrogens is 390 g/mol. The number of nitrogens with one attached hydrogen (secondary N) is 1. The van der Waals surface area contributed by atoms with E-state index < -0.39 is 0 Å². The molecule has 0 aromatic heterocycles. The van der Waals surface area contributed by atoms with Crippen LogP contribution >= 0.6 is 0 Å². The van der Waals surface area contributed by atoms with Gasteiger partial charge in [-0.25, -0.2) is 0 Å². The van der Waals surface area contributed by atoms with Crippen molar-refractivity contribution in [1.82, 2.24) is 9.80 Å². The van der Waals surface area contributed by atoms with Crippen LogP contribution in [0.3, 0.4) is 0 Å². The van der Waals surface area contributed by atoms with E-state index in [1.54, 1.807) is 18.2 Å². The number of phenols is 1. The van der Waals surface area contributed by atoms with Crippen LogP contribution in [0.1, 0.15) is 5.56 Å². The van der Waals surface area contributed by atoms with E-state index in [-0.39, 0.29) is 11.7 Å². The Morgan fingerprint density at radius 3 is 2.48 bits per heavy atom. The van der Waals surface area contributed by atoms with Gasteiger partial charge in [-0.15, -0.1) is 0 Å². The number of aromatic hydroxyl groups is 1. The lowest BCUT2D eigenvalue weighted by atomic mass is 9.97. The maximum atomic E-state index is 12.2. The van der Waals surface area contributed by atoms with E-state index >= 15 is 0 Å². The Hall–Kier alpha value is -3.32. The van der Waals surface area contributed by atoms with E-state index in [1.807, 2.05) is 61.3 Å². The highest BCUT2D eigenvalue weighted by molar-refractivity contribution is 5.95. The summed E-state index contributed by atoms with van der Waals surface area (Å²) in [4.78, 5) is 18.2. The Morgan fingerprint density at radius 1 is 1.19 bits per heavy atom. The van der Waals surface area contributed by atoms with Gasteiger partial charge in [-0.05, 0) is 49.5 Å². The van der Waals surface area contributed by atoms with Gasteiger partial charge in [0, 0.05) is 68.4 Å². The summed E-state index contributed by atoms with van der Waals surface area (Å²) in [5.74, 6) is 0.638. The van der Waals surface area contributed by atoms with Crippen LogP contribution in [0.2, 0.25) is 0 Å². The first-order valence-electron chi connectivity index (χ1n) is 10.3. The molecule has 7 nitrogen and oxygen atoms in total. The first-order valence-corrected chi connectivity index (χ1v) is 10.3. The van der Waals surface area contributed by atoms with Crippen molar-refractivity contribution in [2.45, 2.75) is 0 Å². The quantitative estimate of drug-likeness (QED) is 0.346. The molecule has 2 aromatic carbocycles. The average molecular weight is 422 g/mol. The Labute approximate surface area is 183 Å². The van der Waals surface area contributed by atoms with E-state index in [4.69, 9.17) is 11.1 Å². The second-order valence-corrected chi connectivity index (χ2v) is 8.34. The van der Waals surface area contributed by atoms with E-state index in [9.17, 15) is 9.90 Å². The highest BCUT2D eigenvalue weighted by Gasteiger charge is 2.30. The number of hydrogen-bond donors (Lipinski definition) is 3. The predicted molar refractivity (Wildman–Crippen MR) is 127 cm³/mol. The molecule has 4 N–H and O–H groups in total. The topological polar surface area (TPSA) is 96.9 Å². The number of nitrogens with two attached hydrogens (primary N) is 1. The third-order valence-corrected chi connectivity index (χ3v) is 5.48. The van der Waals surface area contributed by atoms with E-state index in [0.29, 0.717) is 17.2 Å². The second-order valence-electron chi connectivity index (χ2n) is 8.34. The zero-order valence-corrected chi connectivity index (χ0v) is 18.4. The number of hydrogen-bond acceptors (Lipinski definition) is 6. The minimum atomic E-state index is 0.0551. The zero-order valence-electron chi connectivity index (χ0n) is 18.4. The molecule has 0 radical (unpaired) electrons. The molecule has 0 atom stereocenters. The van der Waals surface area contributed by atoms with Crippen molar-refractivity contribution in [3.05, 3.63) is 54.1 Å². The number of nitrogens with zero attached hydrogens (tertiary/aromatic N) is 3. The minimum Gasteiger partial charge on any atom is -0.508 e. The van der Waals surface area contributed by atoms with Crippen molar-refractivity contribution in [2.75, 3.05) is 58.0 Å². The van der Waals surface area contributed by atoms with Gasteiger partial charge in [0.05, 0.1) is 0 Å². The number of carbonyl (C=O) groups is 1. The SMILES string of the molecule is CN(C)C/C=C/C(=O)N1CC(CN(C)c2cc(-c3ccc(O)cc3)cc(N)c2C=N)C1. The molecule has 164 valence electrons. The van der Waals surface area contributed by atoms with Crippen molar-refractivity contribution >= 4 is 23.5 Å². The maximum absolute atomic E-state index is 12.2. The van der Waals surface area contributed by atoms with Crippen LogP contribution in [0.4, 0.5) is 11.4 Å². The smallest absolute Gasteiger partial charge is 0.246 e. The first-order chi connectivity index (χ1) is 14.8. The molecule has 1 amide bonds. The summed E-state index contributed by atoms with van der Waals surface area (Å²) < 4.78 is 0. The van der Waals surface area contributed by atoms with Crippen LogP contribution in [-0.4, -0.2) is 74.4 Å². The summed E-state index contributed by atoms with van der Waals surface area (Å²) in [6, 6.07) is 10.9. The third-order valence-electron chi connectivity index (χ3n) is 5.48. The van der Waals surface area contributed by atoms with Crippen molar-refractivity contribution in [3.8, 4) is 16.9 Å². The molecule has 1 aliphatic rings. The summed E-state index contributed by atoms with van der Waals surface area (Å²) in [5.41, 5.74) is 10.2. The number of benzene rings is 2. The van der Waals surface area contributed by atoms with Crippen LogP contribution in [0, 0.1) is 11.3 Å². The number of anilines is 2. The molecule has 0 aliphatic carbocycles. The Bertz CT molecular complexity index is 963. The summed E-state index contributed by atoms with van der Waals surface area (Å²) in [6.07, 6.45) is 4.82. The Morgan fingerprint density at radius 2 is 1.87 bits per heavy atom. The van der Waals surface area contributed by atoms with Crippen LogP contribution in [0.5, 0.6) is 5.75 Å². The number of likely N-dealkylation sites (tertiary alicyclic amines) is 1. The molecule has 1 saturated heterocycles. The lowest BCUT2D eigenvalue weighted by Crippen LogP contribution is -2.53. The van der Waals surface area contributed by atoms with Crippen LogP contribution < -0.4 is 10.6 Å². The fraction of sp³-hybridized carbons (Fsp3) is 0.333. The summed E-state index contributed by atoms with van der Waals surface area (Å²) in [5, 5.41) is 17.4.